The summed E-state index contributed by atoms with van der Waals surface area (Å²) in [7, 11) is 3.19. The van der Waals surface area contributed by atoms with Crippen molar-refractivity contribution in [1.82, 2.24) is 13.7 Å². The largest absolute Gasteiger partial charge is 0.508 e. The van der Waals surface area contributed by atoms with Gasteiger partial charge in [-0.05, 0) is 37.1 Å². The van der Waals surface area contributed by atoms with E-state index in [9.17, 15) is 14.7 Å². The summed E-state index contributed by atoms with van der Waals surface area (Å²) in [5.41, 5.74) is 2.50. The van der Waals surface area contributed by atoms with Crippen LogP contribution < -0.4 is 11.2 Å². The first-order chi connectivity index (χ1) is 15.2. The number of hydrogen-bond donors (Lipinski definition) is 1. The zero-order valence-electron chi connectivity index (χ0n) is 18.5. The SMILES string of the molecule is Cn1c(=O)c2c(-c3ccccc3)n3c(c2n(C)c1=O)C(c1cccc(O)c1)OCC3(C)C. The minimum Gasteiger partial charge on any atom is -0.508 e. The van der Waals surface area contributed by atoms with E-state index in [1.807, 2.05) is 36.4 Å². The molecule has 1 aliphatic heterocycles. The van der Waals surface area contributed by atoms with Crippen LogP contribution in [0.15, 0.2) is 64.2 Å². The number of aromatic hydroxyl groups is 1. The Balaban J connectivity index is 2.02. The number of rotatable bonds is 2. The molecule has 0 spiro atoms. The summed E-state index contributed by atoms with van der Waals surface area (Å²) in [6, 6.07) is 16.7. The van der Waals surface area contributed by atoms with Gasteiger partial charge >= 0.3 is 5.69 Å². The Bertz CT molecular complexity index is 1480. The number of fused-ring (bicyclic) bond motifs is 3. The molecule has 4 aromatic rings. The van der Waals surface area contributed by atoms with E-state index in [1.54, 1.807) is 25.2 Å². The highest BCUT2D eigenvalue weighted by molar-refractivity contribution is 5.96. The third-order valence-corrected chi connectivity index (χ3v) is 6.29. The molecular formula is C25H25N3O4. The molecule has 0 aliphatic carbocycles. The minimum absolute atomic E-state index is 0.131. The highest BCUT2D eigenvalue weighted by Crippen LogP contribution is 2.45. The van der Waals surface area contributed by atoms with Gasteiger partial charge in [-0.1, -0.05) is 42.5 Å². The van der Waals surface area contributed by atoms with Crippen LogP contribution in [0.25, 0.3) is 22.2 Å². The molecule has 5 rings (SSSR count). The summed E-state index contributed by atoms with van der Waals surface area (Å²) in [6.07, 6.45) is -0.548. The van der Waals surface area contributed by atoms with Crippen molar-refractivity contribution in [1.29, 1.82) is 0 Å². The Morgan fingerprint density at radius 2 is 1.72 bits per heavy atom. The zero-order chi connectivity index (χ0) is 22.8. The fourth-order valence-corrected chi connectivity index (χ4v) is 4.81. The van der Waals surface area contributed by atoms with E-state index in [4.69, 9.17) is 4.74 Å². The molecule has 32 heavy (non-hydrogen) atoms. The van der Waals surface area contributed by atoms with Crippen molar-refractivity contribution in [2.24, 2.45) is 14.1 Å². The third-order valence-electron chi connectivity index (χ3n) is 6.29. The van der Waals surface area contributed by atoms with Gasteiger partial charge in [0.2, 0.25) is 0 Å². The van der Waals surface area contributed by atoms with E-state index in [-0.39, 0.29) is 11.3 Å². The first kappa shape index (κ1) is 20.3. The first-order valence-corrected chi connectivity index (χ1v) is 10.5. The van der Waals surface area contributed by atoms with Crippen molar-refractivity contribution in [2.45, 2.75) is 25.5 Å². The molecule has 2 aromatic heterocycles. The second-order valence-electron chi connectivity index (χ2n) is 8.96. The van der Waals surface area contributed by atoms with Gasteiger partial charge in [0.15, 0.2) is 0 Å². The molecule has 0 radical (unpaired) electrons. The van der Waals surface area contributed by atoms with Crippen LogP contribution in [0, 0.1) is 0 Å². The first-order valence-electron chi connectivity index (χ1n) is 10.5. The molecular weight excluding hydrogens is 406 g/mol. The number of hydrogen-bond acceptors (Lipinski definition) is 4. The highest BCUT2D eigenvalue weighted by Gasteiger charge is 2.40. The van der Waals surface area contributed by atoms with Crippen molar-refractivity contribution in [3.05, 3.63) is 86.7 Å². The average molecular weight is 431 g/mol. The third kappa shape index (κ3) is 2.78. The van der Waals surface area contributed by atoms with Gasteiger partial charge < -0.3 is 14.4 Å². The van der Waals surface area contributed by atoms with E-state index in [0.717, 1.165) is 27.1 Å². The van der Waals surface area contributed by atoms with E-state index in [0.29, 0.717) is 17.5 Å². The van der Waals surface area contributed by atoms with Gasteiger partial charge in [0.1, 0.15) is 11.9 Å². The second-order valence-corrected chi connectivity index (χ2v) is 8.96. The standard InChI is InChI=1S/C25H25N3O4/c1-25(2)14-32-22(16-11-8-12-17(29)13-16)21-20-18(23(30)27(4)24(31)26(20)3)19(28(21)25)15-9-6-5-7-10-15/h5-13,22,29H,14H2,1-4H3. The Labute approximate surface area is 184 Å². The summed E-state index contributed by atoms with van der Waals surface area (Å²) in [5, 5.41) is 10.6. The highest BCUT2D eigenvalue weighted by atomic mass is 16.5. The average Bonchev–Trinajstić information content (AvgIpc) is 3.14. The molecule has 7 nitrogen and oxygen atoms in total. The fourth-order valence-electron chi connectivity index (χ4n) is 4.81. The maximum absolute atomic E-state index is 13.5. The van der Waals surface area contributed by atoms with Crippen molar-refractivity contribution in [3.8, 4) is 17.0 Å². The lowest BCUT2D eigenvalue weighted by Crippen LogP contribution is -2.40. The van der Waals surface area contributed by atoms with E-state index < -0.39 is 17.3 Å². The van der Waals surface area contributed by atoms with Gasteiger partial charge in [0.25, 0.3) is 5.56 Å². The maximum Gasteiger partial charge on any atom is 0.331 e. The summed E-state index contributed by atoms with van der Waals surface area (Å²) in [4.78, 5) is 26.4. The zero-order valence-corrected chi connectivity index (χ0v) is 18.5. The van der Waals surface area contributed by atoms with Crippen LogP contribution in [-0.2, 0) is 24.4 Å². The molecule has 7 heteroatoms. The lowest BCUT2D eigenvalue weighted by Gasteiger charge is -2.39. The van der Waals surface area contributed by atoms with Gasteiger partial charge in [-0.25, -0.2) is 4.79 Å². The van der Waals surface area contributed by atoms with Gasteiger partial charge in [0.05, 0.1) is 34.4 Å². The Kier molecular flexibility index (Phi) is 4.43. The summed E-state index contributed by atoms with van der Waals surface area (Å²) in [5.74, 6) is 0.131. The predicted octanol–water partition coefficient (Wildman–Crippen LogP) is 3.27. The van der Waals surface area contributed by atoms with Crippen LogP contribution in [0.1, 0.15) is 31.2 Å². The van der Waals surface area contributed by atoms with Crippen molar-refractivity contribution >= 4 is 10.9 Å². The number of nitrogens with zero attached hydrogens (tertiary/aromatic N) is 3. The maximum atomic E-state index is 13.5. The molecule has 0 bridgehead atoms. The Hall–Kier alpha value is -3.58. The molecule has 164 valence electrons. The van der Waals surface area contributed by atoms with Crippen LogP contribution in [0.3, 0.4) is 0 Å². The molecule has 0 fully saturated rings. The lowest BCUT2D eigenvalue weighted by atomic mass is 9.98. The predicted molar refractivity (Wildman–Crippen MR) is 123 cm³/mol. The molecule has 0 amide bonds. The smallest absolute Gasteiger partial charge is 0.331 e. The van der Waals surface area contributed by atoms with Crippen molar-refractivity contribution in [3.63, 3.8) is 0 Å². The van der Waals surface area contributed by atoms with Crippen molar-refractivity contribution < 1.29 is 9.84 Å². The summed E-state index contributed by atoms with van der Waals surface area (Å²) in [6.45, 7) is 4.52. The molecule has 1 unspecified atom stereocenters. The summed E-state index contributed by atoms with van der Waals surface area (Å²) >= 11 is 0. The lowest BCUT2D eigenvalue weighted by molar-refractivity contribution is -0.00714. The number of aryl methyl sites for hydroxylation is 1. The molecule has 1 aliphatic rings. The molecule has 1 N–H and O–H groups in total. The molecule has 0 saturated heterocycles. The van der Waals surface area contributed by atoms with Crippen molar-refractivity contribution in [2.75, 3.05) is 6.61 Å². The van der Waals surface area contributed by atoms with Gasteiger partial charge in [0, 0.05) is 14.1 Å². The number of phenolic OH excluding ortho intramolecular Hbond substituents is 1. The van der Waals surface area contributed by atoms with Gasteiger partial charge in [-0.2, -0.15) is 0 Å². The normalized spacial score (nSPS) is 17.4. The van der Waals surface area contributed by atoms with Gasteiger partial charge in [-0.3, -0.25) is 13.9 Å². The Morgan fingerprint density at radius 3 is 2.41 bits per heavy atom. The number of ether oxygens (including phenoxy) is 1. The quantitative estimate of drug-likeness (QED) is 0.528. The number of aromatic nitrogens is 3. The fraction of sp³-hybridized carbons (Fsp3) is 0.280. The van der Waals surface area contributed by atoms with Crippen LogP contribution in [0.4, 0.5) is 0 Å². The molecule has 1 atom stereocenters. The van der Waals surface area contributed by atoms with Crippen LogP contribution in [0.5, 0.6) is 5.75 Å². The topological polar surface area (TPSA) is 78.4 Å². The molecule has 3 heterocycles. The van der Waals surface area contributed by atoms with E-state index >= 15 is 0 Å². The van der Waals surface area contributed by atoms with Crippen LogP contribution in [-0.4, -0.2) is 25.4 Å². The van der Waals surface area contributed by atoms with Gasteiger partial charge in [-0.15, -0.1) is 0 Å². The van der Waals surface area contributed by atoms with E-state index in [2.05, 4.69) is 18.4 Å². The van der Waals surface area contributed by atoms with Crippen LogP contribution >= 0.6 is 0 Å². The minimum atomic E-state index is -0.548. The monoisotopic (exact) mass is 431 g/mol. The van der Waals surface area contributed by atoms with Crippen LogP contribution in [0.2, 0.25) is 0 Å². The molecule has 2 aromatic carbocycles. The number of benzene rings is 2. The second kappa shape index (κ2) is 6.97. The summed E-state index contributed by atoms with van der Waals surface area (Å²) < 4.78 is 11.1. The number of phenols is 1. The van der Waals surface area contributed by atoms with E-state index in [1.165, 1.54) is 11.6 Å². The Morgan fingerprint density at radius 1 is 1.00 bits per heavy atom. The molecule has 0 saturated carbocycles.